The molecule has 2 heterocycles. The molecule has 0 bridgehead atoms. The van der Waals surface area contributed by atoms with Crippen molar-refractivity contribution in [2.75, 3.05) is 30.4 Å². The molecular formula is C23H26N4O. The molecule has 2 aromatic carbocycles. The predicted molar refractivity (Wildman–Crippen MR) is 113 cm³/mol. The van der Waals surface area contributed by atoms with E-state index in [4.69, 9.17) is 9.72 Å². The predicted octanol–water partition coefficient (Wildman–Crippen LogP) is 4.69. The van der Waals surface area contributed by atoms with Crippen molar-refractivity contribution < 1.29 is 4.74 Å². The fourth-order valence-corrected chi connectivity index (χ4v) is 3.74. The lowest BCUT2D eigenvalue weighted by Gasteiger charge is -2.32. The van der Waals surface area contributed by atoms with E-state index in [1.54, 1.807) is 7.11 Å². The van der Waals surface area contributed by atoms with Crippen LogP contribution >= 0.6 is 0 Å². The average molecular weight is 374 g/mol. The SMILES string of the molecule is COc1ccccc1Nc1ccnc(N2CCC(Cc3ccccc3)CC2)n1. The fraction of sp³-hybridized carbons (Fsp3) is 0.304. The molecule has 0 radical (unpaired) electrons. The van der Waals surface area contributed by atoms with Gasteiger partial charge in [-0.15, -0.1) is 0 Å². The molecule has 5 heteroatoms. The lowest BCUT2D eigenvalue weighted by molar-refractivity contribution is 0.400. The zero-order valence-electron chi connectivity index (χ0n) is 16.2. The van der Waals surface area contributed by atoms with Crippen molar-refractivity contribution in [3.8, 4) is 5.75 Å². The maximum atomic E-state index is 5.41. The second-order valence-electron chi connectivity index (χ2n) is 7.19. The van der Waals surface area contributed by atoms with E-state index in [0.29, 0.717) is 0 Å². The van der Waals surface area contributed by atoms with Crippen LogP contribution in [0, 0.1) is 5.92 Å². The highest BCUT2D eigenvalue weighted by Gasteiger charge is 2.21. The molecule has 4 rings (SSSR count). The lowest BCUT2D eigenvalue weighted by atomic mass is 9.90. The molecule has 1 N–H and O–H groups in total. The summed E-state index contributed by atoms with van der Waals surface area (Å²) in [4.78, 5) is 11.5. The number of para-hydroxylation sites is 2. The van der Waals surface area contributed by atoms with Gasteiger partial charge in [0, 0.05) is 19.3 Å². The number of hydrogen-bond donors (Lipinski definition) is 1. The average Bonchev–Trinajstić information content (AvgIpc) is 2.76. The van der Waals surface area contributed by atoms with Crippen LogP contribution in [0.25, 0.3) is 0 Å². The molecule has 1 aromatic heterocycles. The summed E-state index contributed by atoms with van der Waals surface area (Å²) in [6, 6.07) is 20.5. The number of anilines is 3. The van der Waals surface area contributed by atoms with E-state index in [9.17, 15) is 0 Å². The van der Waals surface area contributed by atoms with Gasteiger partial charge in [-0.25, -0.2) is 4.98 Å². The number of benzene rings is 2. The van der Waals surface area contributed by atoms with Crippen LogP contribution in [-0.2, 0) is 6.42 Å². The molecule has 1 aliphatic heterocycles. The van der Waals surface area contributed by atoms with Crippen LogP contribution in [0.5, 0.6) is 5.75 Å². The number of rotatable bonds is 6. The van der Waals surface area contributed by atoms with Crippen LogP contribution in [0.2, 0.25) is 0 Å². The van der Waals surface area contributed by atoms with Crippen molar-refractivity contribution >= 4 is 17.5 Å². The molecular weight excluding hydrogens is 348 g/mol. The zero-order chi connectivity index (χ0) is 19.2. The summed E-state index contributed by atoms with van der Waals surface area (Å²) < 4.78 is 5.41. The first kappa shape index (κ1) is 18.3. The molecule has 0 spiro atoms. The monoisotopic (exact) mass is 374 g/mol. The maximum absolute atomic E-state index is 5.41. The van der Waals surface area contributed by atoms with Crippen molar-refractivity contribution in [1.29, 1.82) is 0 Å². The van der Waals surface area contributed by atoms with Gasteiger partial charge in [0.1, 0.15) is 11.6 Å². The summed E-state index contributed by atoms with van der Waals surface area (Å²) in [7, 11) is 1.67. The highest BCUT2D eigenvalue weighted by atomic mass is 16.5. The first-order valence-corrected chi connectivity index (χ1v) is 9.84. The molecule has 144 valence electrons. The molecule has 1 fully saturated rings. The van der Waals surface area contributed by atoms with E-state index in [-0.39, 0.29) is 0 Å². The number of nitrogens with zero attached hydrogens (tertiary/aromatic N) is 3. The number of methoxy groups -OCH3 is 1. The highest BCUT2D eigenvalue weighted by molar-refractivity contribution is 5.64. The van der Waals surface area contributed by atoms with Crippen LogP contribution in [-0.4, -0.2) is 30.2 Å². The highest BCUT2D eigenvalue weighted by Crippen LogP contribution is 2.28. The van der Waals surface area contributed by atoms with Crippen molar-refractivity contribution in [2.45, 2.75) is 19.3 Å². The van der Waals surface area contributed by atoms with Crippen LogP contribution in [0.1, 0.15) is 18.4 Å². The molecule has 0 saturated carbocycles. The van der Waals surface area contributed by atoms with Gasteiger partial charge in [0.25, 0.3) is 0 Å². The minimum atomic E-state index is 0.730. The number of ether oxygens (including phenoxy) is 1. The van der Waals surface area contributed by atoms with E-state index in [2.05, 4.69) is 45.5 Å². The van der Waals surface area contributed by atoms with E-state index in [0.717, 1.165) is 48.6 Å². The van der Waals surface area contributed by atoms with Crippen molar-refractivity contribution in [2.24, 2.45) is 5.92 Å². The van der Waals surface area contributed by atoms with Gasteiger partial charge in [-0.3, -0.25) is 0 Å². The van der Waals surface area contributed by atoms with E-state index in [1.807, 2.05) is 36.5 Å². The van der Waals surface area contributed by atoms with E-state index >= 15 is 0 Å². The number of hydrogen-bond acceptors (Lipinski definition) is 5. The van der Waals surface area contributed by atoms with E-state index in [1.165, 1.54) is 18.4 Å². The molecule has 0 aliphatic carbocycles. The molecule has 28 heavy (non-hydrogen) atoms. The van der Waals surface area contributed by atoms with Gasteiger partial charge in [-0.05, 0) is 48.9 Å². The normalized spacial score (nSPS) is 14.7. The topological polar surface area (TPSA) is 50.3 Å². The summed E-state index contributed by atoms with van der Waals surface area (Å²) in [6.07, 6.45) is 5.31. The van der Waals surface area contributed by atoms with Crippen molar-refractivity contribution in [3.63, 3.8) is 0 Å². The van der Waals surface area contributed by atoms with E-state index < -0.39 is 0 Å². The van der Waals surface area contributed by atoms with Crippen molar-refractivity contribution in [1.82, 2.24) is 9.97 Å². The van der Waals surface area contributed by atoms with Gasteiger partial charge in [-0.2, -0.15) is 4.98 Å². The Morgan fingerprint density at radius 3 is 2.54 bits per heavy atom. The summed E-state index contributed by atoms with van der Waals surface area (Å²) in [5, 5.41) is 3.34. The standard InChI is InChI=1S/C23H26N4O/c1-28-21-10-6-5-9-20(21)25-22-11-14-24-23(26-22)27-15-12-19(13-16-27)17-18-7-3-2-4-8-18/h2-11,14,19H,12-13,15-17H2,1H3,(H,24,25,26). The summed E-state index contributed by atoms with van der Waals surface area (Å²) in [5.74, 6) is 3.09. The minimum absolute atomic E-state index is 0.730. The van der Waals surface area contributed by atoms with Gasteiger partial charge in [0.15, 0.2) is 0 Å². The largest absolute Gasteiger partial charge is 0.495 e. The zero-order valence-corrected chi connectivity index (χ0v) is 16.2. The summed E-state index contributed by atoms with van der Waals surface area (Å²) >= 11 is 0. The summed E-state index contributed by atoms with van der Waals surface area (Å²) in [6.45, 7) is 1.99. The minimum Gasteiger partial charge on any atom is -0.495 e. The first-order chi connectivity index (χ1) is 13.8. The Bertz CT molecular complexity index is 892. The van der Waals surface area contributed by atoms with Crippen LogP contribution in [0.3, 0.4) is 0 Å². The van der Waals surface area contributed by atoms with Gasteiger partial charge >= 0.3 is 0 Å². The fourth-order valence-electron chi connectivity index (χ4n) is 3.74. The third-order valence-electron chi connectivity index (χ3n) is 5.28. The molecule has 0 atom stereocenters. The quantitative estimate of drug-likeness (QED) is 0.678. The third kappa shape index (κ3) is 4.42. The van der Waals surface area contributed by atoms with Crippen LogP contribution in [0.15, 0.2) is 66.9 Å². The molecule has 0 amide bonds. The number of nitrogens with one attached hydrogen (secondary N) is 1. The molecule has 0 unspecified atom stereocenters. The Hall–Kier alpha value is -3.08. The van der Waals surface area contributed by atoms with Crippen LogP contribution in [0.4, 0.5) is 17.5 Å². The van der Waals surface area contributed by atoms with Gasteiger partial charge in [-0.1, -0.05) is 42.5 Å². The lowest BCUT2D eigenvalue weighted by Crippen LogP contribution is -2.35. The van der Waals surface area contributed by atoms with Crippen molar-refractivity contribution in [3.05, 3.63) is 72.4 Å². The van der Waals surface area contributed by atoms with Gasteiger partial charge < -0.3 is 15.0 Å². The first-order valence-electron chi connectivity index (χ1n) is 9.84. The summed E-state index contributed by atoms with van der Waals surface area (Å²) in [5.41, 5.74) is 2.33. The molecule has 1 saturated heterocycles. The maximum Gasteiger partial charge on any atom is 0.227 e. The van der Waals surface area contributed by atoms with Gasteiger partial charge in [0.2, 0.25) is 5.95 Å². The molecule has 5 nitrogen and oxygen atoms in total. The Morgan fingerprint density at radius 2 is 1.75 bits per heavy atom. The van der Waals surface area contributed by atoms with Gasteiger partial charge in [0.05, 0.1) is 12.8 Å². The second kappa shape index (κ2) is 8.74. The number of aromatic nitrogens is 2. The Balaban J connectivity index is 1.38. The Morgan fingerprint density at radius 1 is 1.00 bits per heavy atom. The smallest absolute Gasteiger partial charge is 0.227 e. The second-order valence-corrected chi connectivity index (χ2v) is 7.19. The molecule has 1 aliphatic rings. The number of piperidine rings is 1. The Labute approximate surface area is 166 Å². The Kier molecular flexibility index (Phi) is 5.71. The molecule has 3 aromatic rings. The third-order valence-corrected chi connectivity index (χ3v) is 5.28. The van der Waals surface area contributed by atoms with Crippen LogP contribution < -0.4 is 15.0 Å².